The molecule has 0 radical (unpaired) electrons. The second-order valence-electron chi connectivity index (χ2n) is 6.39. The summed E-state index contributed by atoms with van der Waals surface area (Å²) in [6.07, 6.45) is 7.91. The predicted molar refractivity (Wildman–Crippen MR) is 108 cm³/mol. The lowest BCUT2D eigenvalue weighted by molar-refractivity contribution is -0.120. The second kappa shape index (κ2) is 9.62. The van der Waals surface area contributed by atoms with Crippen LogP contribution in [-0.4, -0.2) is 22.5 Å². The van der Waals surface area contributed by atoms with Crippen molar-refractivity contribution in [3.05, 3.63) is 89.5 Å². The maximum absolute atomic E-state index is 12.0. The first-order valence-electron chi connectivity index (χ1n) is 9.23. The molecule has 0 aliphatic carbocycles. The first-order valence-corrected chi connectivity index (χ1v) is 9.23. The van der Waals surface area contributed by atoms with E-state index in [0.717, 1.165) is 34.4 Å². The highest BCUT2D eigenvalue weighted by Crippen LogP contribution is 2.19. The molecule has 3 rings (SSSR count). The van der Waals surface area contributed by atoms with Crippen molar-refractivity contribution >= 4 is 5.91 Å². The number of benzene rings is 1. The number of primary amides is 1. The fourth-order valence-electron chi connectivity index (χ4n) is 3.03. The van der Waals surface area contributed by atoms with Crippen LogP contribution in [0.2, 0.25) is 0 Å². The lowest BCUT2D eigenvalue weighted by atomic mass is 10.0. The van der Waals surface area contributed by atoms with E-state index < -0.39 is 11.9 Å². The van der Waals surface area contributed by atoms with Crippen LogP contribution >= 0.6 is 0 Å². The minimum absolute atomic E-state index is 0.422. The van der Waals surface area contributed by atoms with E-state index in [0.29, 0.717) is 13.2 Å². The third kappa shape index (κ3) is 5.14. The zero-order valence-corrected chi connectivity index (χ0v) is 15.8. The van der Waals surface area contributed by atoms with E-state index in [1.165, 1.54) is 0 Å². The molecule has 3 N–H and O–H groups in total. The number of nitrogens with zero attached hydrogens (tertiary/aromatic N) is 2. The van der Waals surface area contributed by atoms with Gasteiger partial charge in [0.1, 0.15) is 11.8 Å². The van der Waals surface area contributed by atoms with Gasteiger partial charge >= 0.3 is 0 Å². The topological polar surface area (TPSA) is 90.1 Å². The molecule has 3 aromatic rings. The van der Waals surface area contributed by atoms with Crippen molar-refractivity contribution in [2.75, 3.05) is 6.61 Å². The molecule has 2 aromatic heterocycles. The lowest BCUT2D eigenvalue weighted by Crippen LogP contribution is -2.33. The molecule has 1 atom stereocenters. The molecule has 0 spiro atoms. The van der Waals surface area contributed by atoms with E-state index in [1.807, 2.05) is 55.6 Å². The minimum Gasteiger partial charge on any atom is -0.494 e. The van der Waals surface area contributed by atoms with Crippen molar-refractivity contribution in [3.63, 3.8) is 0 Å². The van der Waals surface area contributed by atoms with Crippen LogP contribution in [0.25, 0.3) is 0 Å². The molecule has 144 valence electrons. The van der Waals surface area contributed by atoms with Gasteiger partial charge in [-0.25, -0.2) is 0 Å². The Hall–Kier alpha value is -3.25. The quantitative estimate of drug-likeness (QED) is 0.599. The smallest absolute Gasteiger partial charge is 0.239 e. The van der Waals surface area contributed by atoms with Gasteiger partial charge in [-0.3, -0.25) is 20.1 Å². The van der Waals surface area contributed by atoms with Gasteiger partial charge in [-0.05, 0) is 65.9 Å². The number of aromatic nitrogens is 2. The first-order chi connectivity index (χ1) is 13.7. The maximum Gasteiger partial charge on any atom is 0.239 e. The highest BCUT2D eigenvalue weighted by Gasteiger charge is 2.18. The SMILES string of the molecule is CCOc1ccc(C(NCc2ccncc2Cc2ccncc2)C(N)=O)cc1. The normalized spacial score (nSPS) is 11.8. The Morgan fingerprint density at radius 2 is 1.75 bits per heavy atom. The monoisotopic (exact) mass is 376 g/mol. The van der Waals surface area contributed by atoms with Crippen molar-refractivity contribution in [2.24, 2.45) is 5.73 Å². The maximum atomic E-state index is 12.0. The fraction of sp³-hybridized carbons (Fsp3) is 0.227. The van der Waals surface area contributed by atoms with Gasteiger partial charge in [-0.1, -0.05) is 12.1 Å². The predicted octanol–water partition coefficient (Wildman–Crippen LogP) is 2.78. The number of hydrogen-bond donors (Lipinski definition) is 2. The molecule has 0 fully saturated rings. The zero-order chi connectivity index (χ0) is 19.8. The van der Waals surface area contributed by atoms with Crippen LogP contribution in [0.4, 0.5) is 0 Å². The van der Waals surface area contributed by atoms with Crippen molar-refractivity contribution < 1.29 is 9.53 Å². The molecule has 28 heavy (non-hydrogen) atoms. The Morgan fingerprint density at radius 3 is 2.43 bits per heavy atom. The summed E-state index contributed by atoms with van der Waals surface area (Å²) in [7, 11) is 0. The van der Waals surface area contributed by atoms with Crippen molar-refractivity contribution in [3.8, 4) is 5.75 Å². The molecule has 0 aliphatic heterocycles. The Bertz CT molecular complexity index is 898. The third-order valence-electron chi connectivity index (χ3n) is 4.45. The number of rotatable bonds is 9. The van der Waals surface area contributed by atoms with Crippen LogP contribution < -0.4 is 15.8 Å². The molecule has 1 amide bonds. The first kappa shape index (κ1) is 19.5. The van der Waals surface area contributed by atoms with Gasteiger partial charge in [0.05, 0.1) is 6.61 Å². The number of carbonyl (C=O) groups excluding carboxylic acids is 1. The number of hydrogen-bond acceptors (Lipinski definition) is 5. The average molecular weight is 376 g/mol. The van der Waals surface area contributed by atoms with Crippen LogP contribution in [0.5, 0.6) is 5.75 Å². The molecule has 0 saturated heterocycles. The summed E-state index contributed by atoms with van der Waals surface area (Å²) in [6.45, 7) is 3.03. The summed E-state index contributed by atoms with van der Waals surface area (Å²) in [4.78, 5) is 20.3. The second-order valence-corrected chi connectivity index (χ2v) is 6.39. The average Bonchev–Trinajstić information content (AvgIpc) is 2.71. The molecule has 0 bridgehead atoms. The summed E-state index contributed by atoms with van der Waals surface area (Å²) in [5.74, 6) is 0.345. The molecular formula is C22H24N4O2. The Morgan fingerprint density at radius 1 is 1.04 bits per heavy atom. The zero-order valence-electron chi connectivity index (χ0n) is 15.8. The molecule has 0 aliphatic rings. The molecule has 2 heterocycles. The van der Waals surface area contributed by atoms with E-state index in [2.05, 4.69) is 15.3 Å². The van der Waals surface area contributed by atoms with Crippen LogP contribution in [0.1, 0.15) is 35.2 Å². The van der Waals surface area contributed by atoms with Gasteiger partial charge in [-0.15, -0.1) is 0 Å². The van der Waals surface area contributed by atoms with Crippen molar-refractivity contribution in [1.29, 1.82) is 0 Å². The van der Waals surface area contributed by atoms with Crippen LogP contribution in [-0.2, 0) is 17.8 Å². The van der Waals surface area contributed by atoms with E-state index >= 15 is 0 Å². The van der Waals surface area contributed by atoms with Gasteiger partial charge < -0.3 is 10.5 Å². The molecule has 1 aromatic carbocycles. The van der Waals surface area contributed by atoms with Crippen molar-refractivity contribution in [1.82, 2.24) is 15.3 Å². The number of carbonyl (C=O) groups is 1. The highest BCUT2D eigenvalue weighted by molar-refractivity contribution is 5.81. The van der Waals surface area contributed by atoms with Gasteiger partial charge in [0.15, 0.2) is 0 Å². The standard InChI is InChI=1S/C22H24N4O2/c1-2-28-20-5-3-17(4-6-20)21(22(23)27)26-15-18-9-12-25-14-19(18)13-16-7-10-24-11-8-16/h3-12,14,21,26H,2,13,15H2,1H3,(H2,23,27). The third-order valence-corrected chi connectivity index (χ3v) is 4.45. The number of pyridine rings is 2. The molecule has 0 saturated carbocycles. The Balaban J connectivity index is 1.73. The Kier molecular flexibility index (Phi) is 6.70. The summed E-state index contributed by atoms with van der Waals surface area (Å²) in [6, 6.07) is 12.7. The van der Waals surface area contributed by atoms with Crippen molar-refractivity contribution in [2.45, 2.75) is 25.9 Å². The van der Waals surface area contributed by atoms with Gasteiger partial charge in [0, 0.05) is 31.3 Å². The van der Waals surface area contributed by atoms with Crippen LogP contribution in [0.15, 0.2) is 67.3 Å². The van der Waals surface area contributed by atoms with Gasteiger partial charge in [0.25, 0.3) is 0 Å². The lowest BCUT2D eigenvalue weighted by Gasteiger charge is -2.18. The minimum atomic E-state index is -0.586. The van der Waals surface area contributed by atoms with Gasteiger partial charge in [0.2, 0.25) is 5.91 Å². The summed E-state index contributed by atoms with van der Waals surface area (Å²) >= 11 is 0. The molecular weight excluding hydrogens is 352 g/mol. The molecule has 6 heteroatoms. The number of nitrogens with two attached hydrogens (primary N) is 1. The number of nitrogens with one attached hydrogen (secondary N) is 1. The largest absolute Gasteiger partial charge is 0.494 e. The molecule has 6 nitrogen and oxygen atoms in total. The molecule has 1 unspecified atom stereocenters. The number of amides is 1. The van der Waals surface area contributed by atoms with Crippen LogP contribution in [0.3, 0.4) is 0 Å². The highest BCUT2D eigenvalue weighted by atomic mass is 16.5. The summed E-state index contributed by atoms with van der Waals surface area (Å²) in [5, 5.41) is 3.27. The summed E-state index contributed by atoms with van der Waals surface area (Å²) in [5.41, 5.74) is 9.77. The van der Waals surface area contributed by atoms with E-state index in [1.54, 1.807) is 18.6 Å². The van der Waals surface area contributed by atoms with E-state index in [-0.39, 0.29) is 0 Å². The fourth-order valence-corrected chi connectivity index (χ4v) is 3.03. The summed E-state index contributed by atoms with van der Waals surface area (Å²) < 4.78 is 5.45. The van der Waals surface area contributed by atoms with Gasteiger partial charge in [-0.2, -0.15) is 0 Å². The Labute approximate surface area is 164 Å². The number of ether oxygens (including phenoxy) is 1. The van der Waals surface area contributed by atoms with Crippen LogP contribution in [0, 0.1) is 0 Å². The van der Waals surface area contributed by atoms with E-state index in [4.69, 9.17) is 10.5 Å². The van der Waals surface area contributed by atoms with E-state index in [9.17, 15) is 4.79 Å².